The molecular weight excluding hydrogens is 266 g/mol. The van der Waals surface area contributed by atoms with Crippen LogP contribution in [0.2, 0.25) is 4.34 Å². The first kappa shape index (κ1) is 11.6. The number of nitrogens with two attached hydrogens (primary N) is 1. The number of para-hydroxylation sites is 2. The molecule has 0 aliphatic heterocycles. The minimum absolute atomic E-state index is 0.568. The largest absolute Gasteiger partial charge is 0.369 e. The van der Waals surface area contributed by atoms with E-state index in [1.807, 2.05) is 34.9 Å². The Morgan fingerprint density at radius 2 is 2.06 bits per heavy atom. The summed E-state index contributed by atoms with van der Waals surface area (Å²) < 4.78 is 2.87. The lowest BCUT2D eigenvalue weighted by Gasteiger charge is -2.04. The number of thiophene rings is 1. The Morgan fingerprint density at radius 3 is 2.83 bits per heavy atom. The van der Waals surface area contributed by atoms with Crippen molar-refractivity contribution in [3.8, 4) is 0 Å². The number of nitrogen functional groups attached to an aromatic ring is 1. The van der Waals surface area contributed by atoms with Crippen molar-refractivity contribution in [1.82, 2.24) is 9.55 Å². The zero-order chi connectivity index (χ0) is 12.5. The zero-order valence-corrected chi connectivity index (χ0v) is 11.2. The lowest BCUT2D eigenvalue weighted by atomic mass is 10.3. The van der Waals surface area contributed by atoms with E-state index in [9.17, 15) is 0 Å². The summed E-state index contributed by atoms with van der Waals surface area (Å²) in [6.07, 6.45) is 0.919. The van der Waals surface area contributed by atoms with Gasteiger partial charge in [-0.1, -0.05) is 23.7 Å². The van der Waals surface area contributed by atoms with Crippen LogP contribution in [-0.4, -0.2) is 9.55 Å². The fourth-order valence-electron chi connectivity index (χ4n) is 2.04. The van der Waals surface area contributed by atoms with Gasteiger partial charge in [0.25, 0.3) is 0 Å². The highest BCUT2D eigenvalue weighted by Crippen LogP contribution is 2.23. The Bertz CT molecular complexity index is 686. The molecule has 0 aliphatic carbocycles. The Morgan fingerprint density at radius 1 is 1.22 bits per heavy atom. The van der Waals surface area contributed by atoms with Gasteiger partial charge in [0.15, 0.2) is 0 Å². The first-order valence-electron chi connectivity index (χ1n) is 5.69. The lowest BCUT2D eigenvalue weighted by molar-refractivity contribution is 0.733. The third kappa shape index (κ3) is 2.09. The number of aromatic nitrogens is 2. The number of benzene rings is 1. The molecule has 18 heavy (non-hydrogen) atoms. The summed E-state index contributed by atoms with van der Waals surface area (Å²) in [4.78, 5) is 5.61. The van der Waals surface area contributed by atoms with Gasteiger partial charge in [-0.25, -0.2) is 4.98 Å². The predicted molar refractivity (Wildman–Crippen MR) is 77.2 cm³/mol. The van der Waals surface area contributed by atoms with Gasteiger partial charge in [-0.05, 0) is 30.7 Å². The average molecular weight is 278 g/mol. The Labute approximate surface area is 114 Å². The van der Waals surface area contributed by atoms with Crippen molar-refractivity contribution < 1.29 is 0 Å². The van der Waals surface area contributed by atoms with Gasteiger partial charge in [0.2, 0.25) is 5.95 Å². The molecule has 0 fully saturated rings. The number of aryl methyl sites for hydroxylation is 2. The number of hydrogen-bond donors (Lipinski definition) is 1. The van der Waals surface area contributed by atoms with E-state index in [4.69, 9.17) is 17.3 Å². The minimum atomic E-state index is 0.568. The van der Waals surface area contributed by atoms with Gasteiger partial charge >= 0.3 is 0 Å². The molecule has 92 valence electrons. The summed E-state index contributed by atoms with van der Waals surface area (Å²) in [5.74, 6) is 0.568. The summed E-state index contributed by atoms with van der Waals surface area (Å²) in [6.45, 7) is 0.823. The molecule has 1 aromatic carbocycles. The van der Waals surface area contributed by atoms with Crippen LogP contribution in [0.5, 0.6) is 0 Å². The molecule has 0 radical (unpaired) electrons. The molecule has 3 nitrogen and oxygen atoms in total. The molecule has 2 heterocycles. The number of imidazole rings is 1. The van der Waals surface area contributed by atoms with Crippen molar-refractivity contribution in [2.75, 3.05) is 5.73 Å². The molecule has 0 bridgehead atoms. The molecule has 0 saturated carbocycles. The first-order chi connectivity index (χ1) is 8.74. The summed E-state index contributed by atoms with van der Waals surface area (Å²) in [5, 5.41) is 0. The molecule has 5 heteroatoms. The summed E-state index contributed by atoms with van der Waals surface area (Å²) >= 11 is 7.53. The molecule has 0 aliphatic rings. The molecule has 0 atom stereocenters. The van der Waals surface area contributed by atoms with Crippen molar-refractivity contribution in [2.45, 2.75) is 13.0 Å². The van der Waals surface area contributed by atoms with Crippen LogP contribution in [0.15, 0.2) is 36.4 Å². The molecule has 0 saturated heterocycles. The highest BCUT2D eigenvalue weighted by Gasteiger charge is 2.07. The second-order valence-electron chi connectivity index (χ2n) is 4.07. The second-order valence-corrected chi connectivity index (χ2v) is 5.87. The maximum Gasteiger partial charge on any atom is 0.201 e. The van der Waals surface area contributed by atoms with E-state index in [0.717, 1.165) is 28.3 Å². The van der Waals surface area contributed by atoms with E-state index in [2.05, 4.69) is 11.1 Å². The van der Waals surface area contributed by atoms with Crippen molar-refractivity contribution in [3.05, 3.63) is 45.6 Å². The molecule has 2 N–H and O–H groups in total. The molecule has 0 spiro atoms. The van der Waals surface area contributed by atoms with Crippen LogP contribution in [0.25, 0.3) is 11.0 Å². The molecule has 0 unspecified atom stereocenters. The van der Waals surface area contributed by atoms with Gasteiger partial charge in [0, 0.05) is 11.4 Å². The van der Waals surface area contributed by atoms with Crippen LogP contribution in [0, 0.1) is 0 Å². The number of hydrogen-bond acceptors (Lipinski definition) is 3. The predicted octanol–water partition coefficient (Wildman–Crippen LogP) is 3.58. The van der Waals surface area contributed by atoms with E-state index in [1.165, 1.54) is 4.88 Å². The van der Waals surface area contributed by atoms with Gasteiger partial charge in [0.1, 0.15) is 0 Å². The van der Waals surface area contributed by atoms with Crippen molar-refractivity contribution in [1.29, 1.82) is 0 Å². The molecule has 2 aromatic heterocycles. The highest BCUT2D eigenvalue weighted by atomic mass is 35.5. The standard InChI is InChI=1S/C13H12ClN3S/c14-12-6-5-9(18-12)7-8-17-11-4-2-1-3-10(11)16-13(17)15/h1-6H,7-8H2,(H2,15,16). The SMILES string of the molecule is Nc1nc2ccccc2n1CCc1ccc(Cl)s1. The molecule has 3 rings (SSSR count). The number of nitrogens with zero attached hydrogens (tertiary/aromatic N) is 2. The van der Waals surface area contributed by atoms with E-state index in [0.29, 0.717) is 5.95 Å². The van der Waals surface area contributed by atoms with E-state index in [1.54, 1.807) is 11.3 Å². The number of rotatable bonds is 3. The van der Waals surface area contributed by atoms with Gasteiger partial charge in [-0.15, -0.1) is 11.3 Å². The third-order valence-corrected chi connectivity index (χ3v) is 4.19. The fraction of sp³-hybridized carbons (Fsp3) is 0.154. The lowest BCUT2D eigenvalue weighted by Crippen LogP contribution is -2.04. The Kier molecular flexibility index (Phi) is 2.97. The normalized spacial score (nSPS) is 11.2. The summed E-state index contributed by atoms with van der Waals surface area (Å²) in [7, 11) is 0. The van der Waals surface area contributed by atoms with Gasteiger partial charge in [0.05, 0.1) is 15.4 Å². The van der Waals surface area contributed by atoms with E-state index < -0.39 is 0 Å². The van der Waals surface area contributed by atoms with Gasteiger partial charge in [-0.2, -0.15) is 0 Å². The Hall–Kier alpha value is -1.52. The topological polar surface area (TPSA) is 43.8 Å². The van der Waals surface area contributed by atoms with Crippen LogP contribution in [0.1, 0.15) is 4.88 Å². The Balaban J connectivity index is 1.88. The minimum Gasteiger partial charge on any atom is -0.369 e. The van der Waals surface area contributed by atoms with Crippen molar-refractivity contribution in [2.24, 2.45) is 0 Å². The van der Waals surface area contributed by atoms with Crippen molar-refractivity contribution in [3.63, 3.8) is 0 Å². The highest BCUT2D eigenvalue weighted by molar-refractivity contribution is 7.16. The third-order valence-electron chi connectivity index (χ3n) is 2.89. The quantitative estimate of drug-likeness (QED) is 0.795. The average Bonchev–Trinajstić information content (AvgIpc) is 2.90. The van der Waals surface area contributed by atoms with E-state index >= 15 is 0 Å². The van der Waals surface area contributed by atoms with Crippen LogP contribution in [0.3, 0.4) is 0 Å². The smallest absolute Gasteiger partial charge is 0.201 e. The maximum atomic E-state index is 5.95. The number of halogens is 1. The molecule has 3 aromatic rings. The molecule has 0 amide bonds. The summed E-state index contributed by atoms with van der Waals surface area (Å²) in [6, 6.07) is 12.0. The van der Waals surface area contributed by atoms with Crippen LogP contribution in [-0.2, 0) is 13.0 Å². The molecular formula is C13H12ClN3S. The fourth-order valence-corrected chi connectivity index (χ4v) is 3.11. The van der Waals surface area contributed by atoms with Gasteiger partial charge < -0.3 is 10.3 Å². The monoisotopic (exact) mass is 277 g/mol. The van der Waals surface area contributed by atoms with Gasteiger partial charge in [-0.3, -0.25) is 0 Å². The van der Waals surface area contributed by atoms with Crippen molar-refractivity contribution >= 4 is 39.9 Å². The zero-order valence-electron chi connectivity index (χ0n) is 9.64. The van der Waals surface area contributed by atoms with Crippen LogP contribution in [0.4, 0.5) is 5.95 Å². The second kappa shape index (κ2) is 4.63. The van der Waals surface area contributed by atoms with Crippen LogP contribution < -0.4 is 5.73 Å². The number of fused-ring (bicyclic) bond motifs is 1. The van der Waals surface area contributed by atoms with Crippen LogP contribution >= 0.6 is 22.9 Å². The maximum absolute atomic E-state index is 5.95. The first-order valence-corrected chi connectivity index (χ1v) is 6.88. The summed E-state index contributed by atoms with van der Waals surface area (Å²) in [5.41, 5.74) is 7.98. The number of anilines is 1. The van der Waals surface area contributed by atoms with E-state index in [-0.39, 0.29) is 0 Å².